The topological polar surface area (TPSA) is 43.7 Å². The average Bonchev–Trinajstić information content (AvgIpc) is 2.83. The molecule has 0 amide bonds. The lowest BCUT2D eigenvalue weighted by atomic mass is 9.77. The second kappa shape index (κ2) is 5.91. The van der Waals surface area contributed by atoms with Gasteiger partial charge in [0.05, 0.1) is 0 Å². The Hall–Kier alpha value is -0.485. The highest BCUT2D eigenvalue weighted by Gasteiger charge is 2.22. The van der Waals surface area contributed by atoms with Gasteiger partial charge in [0.2, 0.25) is 0 Å². The van der Waals surface area contributed by atoms with Crippen molar-refractivity contribution in [3.8, 4) is 0 Å². The molecular weight excluding hydrogens is 233 g/mol. The van der Waals surface area contributed by atoms with E-state index < -0.39 is 7.12 Å². The van der Waals surface area contributed by atoms with Crippen molar-refractivity contribution in [3.63, 3.8) is 0 Å². The molecule has 1 aliphatic rings. The van der Waals surface area contributed by atoms with E-state index in [-0.39, 0.29) is 0 Å². The van der Waals surface area contributed by atoms with Crippen LogP contribution in [0.5, 0.6) is 0 Å². The first kappa shape index (κ1) is 13.0. The lowest BCUT2D eigenvalue weighted by Gasteiger charge is -2.24. The Balaban J connectivity index is 2.06. The molecule has 17 heavy (non-hydrogen) atoms. The first-order valence-corrected chi connectivity index (χ1v) is 7.06. The molecule has 1 aromatic carbocycles. The molecule has 0 radical (unpaired) electrons. The van der Waals surface area contributed by atoms with Crippen LogP contribution in [-0.2, 0) is 6.54 Å². The Morgan fingerprint density at radius 3 is 2.82 bits per heavy atom. The summed E-state index contributed by atoms with van der Waals surface area (Å²) in [6.07, 6.45) is 1.23. The van der Waals surface area contributed by atoms with Gasteiger partial charge in [-0.1, -0.05) is 24.3 Å². The molecular formula is C12H18BNO2S. The minimum Gasteiger partial charge on any atom is -0.423 e. The minimum absolute atomic E-state index is 0.615. The third-order valence-electron chi connectivity index (χ3n) is 3.28. The van der Waals surface area contributed by atoms with Gasteiger partial charge in [-0.2, -0.15) is 11.8 Å². The monoisotopic (exact) mass is 251 g/mol. The van der Waals surface area contributed by atoms with Crippen molar-refractivity contribution >= 4 is 24.3 Å². The Labute approximate surface area is 107 Å². The van der Waals surface area contributed by atoms with Crippen LogP contribution in [0.1, 0.15) is 12.0 Å². The van der Waals surface area contributed by atoms with Crippen LogP contribution in [0.2, 0.25) is 0 Å². The molecule has 0 aliphatic carbocycles. The molecule has 1 aromatic rings. The van der Waals surface area contributed by atoms with Gasteiger partial charge in [0.25, 0.3) is 0 Å². The summed E-state index contributed by atoms with van der Waals surface area (Å²) >= 11 is 1.99. The molecule has 0 aromatic heterocycles. The van der Waals surface area contributed by atoms with Gasteiger partial charge in [0.1, 0.15) is 0 Å². The number of thioether (sulfide) groups is 1. The molecule has 2 N–H and O–H groups in total. The average molecular weight is 251 g/mol. The van der Waals surface area contributed by atoms with Crippen LogP contribution >= 0.6 is 11.8 Å². The van der Waals surface area contributed by atoms with Crippen molar-refractivity contribution < 1.29 is 10.0 Å². The number of rotatable bonds is 4. The summed E-state index contributed by atoms with van der Waals surface area (Å²) in [6, 6.07) is 8.14. The quantitative estimate of drug-likeness (QED) is 0.756. The van der Waals surface area contributed by atoms with Gasteiger partial charge < -0.3 is 10.0 Å². The van der Waals surface area contributed by atoms with E-state index in [9.17, 15) is 10.0 Å². The van der Waals surface area contributed by atoms with Crippen molar-refractivity contribution in [3.05, 3.63) is 29.8 Å². The van der Waals surface area contributed by atoms with Crippen LogP contribution in [-0.4, -0.2) is 46.7 Å². The third kappa shape index (κ3) is 3.25. The van der Waals surface area contributed by atoms with Crippen LogP contribution in [0.25, 0.3) is 0 Å². The van der Waals surface area contributed by atoms with E-state index in [4.69, 9.17) is 0 Å². The smallest absolute Gasteiger partial charge is 0.423 e. The maximum Gasteiger partial charge on any atom is 0.488 e. The number of hydrogen-bond donors (Lipinski definition) is 2. The molecule has 1 atom stereocenters. The van der Waals surface area contributed by atoms with Crippen LogP contribution < -0.4 is 5.46 Å². The van der Waals surface area contributed by atoms with Gasteiger partial charge >= 0.3 is 7.12 Å². The molecule has 1 aliphatic heterocycles. The standard InChI is InChI=1S/C12H18BNO2S/c1-14(11-6-7-17-9-11)8-10-4-2-3-5-12(10)13(15)16/h2-5,11,15-16H,6-9H2,1H3. The van der Waals surface area contributed by atoms with E-state index in [0.717, 1.165) is 12.1 Å². The summed E-state index contributed by atoms with van der Waals surface area (Å²) in [5.41, 5.74) is 1.62. The van der Waals surface area contributed by atoms with Crippen molar-refractivity contribution in [2.24, 2.45) is 0 Å². The molecule has 0 bridgehead atoms. The number of hydrogen-bond acceptors (Lipinski definition) is 4. The highest BCUT2D eigenvalue weighted by molar-refractivity contribution is 7.99. The molecule has 3 nitrogen and oxygen atoms in total. The summed E-state index contributed by atoms with van der Waals surface area (Å²) in [4.78, 5) is 2.31. The Morgan fingerprint density at radius 2 is 2.18 bits per heavy atom. The van der Waals surface area contributed by atoms with Crippen LogP contribution in [0, 0.1) is 0 Å². The normalized spacial score (nSPS) is 19.9. The van der Waals surface area contributed by atoms with E-state index in [1.54, 1.807) is 6.07 Å². The number of benzene rings is 1. The van der Waals surface area contributed by atoms with Gasteiger partial charge in [0.15, 0.2) is 0 Å². The van der Waals surface area contributed by atoms with Crippen molar-refractivity contribution in [2.45, 2.75) is 19.0 Å². The van der Waals surface area contributed by atoms with Gasteiger partial charge in [-0.05, 0) is 30.2 Å². The van der Waals surface area contributed by atoms with E-state index >= 15 is 0 Å². The predicted octanol–water partition coefficient (Wildman–Crippen LogP) is 0.304. The van der Waals surface area contributed by atoms with Gasteiger partial charge in [-0.25, -0.2) is 0 Å². The summed E-state index contributed by atoms with van der Waals surface area (Å²) in [5.74, 6) is 2.42. The maximum absolute atomic E-state index is 9.32. The Kier molecular flexibility index (Phi) is 4.51. The fourth-order valence-electron chi connectivity index (χ4n) is 2.20. The minimum atomic E-state index is -1.38. The van der Waals surface area contributed by atoms with Gasteiger partial charge in [-0.15, -0.1) is 0 Å². The summed E-state index contributed by atoms with van der Waals surface area (Å²) < 4.78 is 0. The zero-order valence-corrected chi connectivity index (χ0v) is 10.9. The van der Waals surface area contributed by atoms with Crippen LogP contribution in [0.3, 0.4) is 0 Å². The fraction of sp³-hybridized carbons (Fsp3) is 0.500. The van der Waals surface area contributed by atoms with E-state index in [0.29, 0.717) is 11.5 Å². The van der Waals surface area contributed by atoms with Crippen molar-refractivity contribution in [1.29, 1.82) is 0 Å². The first-order chi connectivity index (χ1) is 8.18. The highest BCUT2D eigenvalue weighted by Crippen LogP contribution is 2.22. The maximum atomic E-state index is 9.32. The summed E-state index contributed by atoms with van der Waals surface area (Å²) in [6.45, 7) is 0.777. The molecule has 1 saturated heterocycles. The second-order valence-corrected chi connectivity index (χ2v) is 5.65. The molecule has 92 valence electrons. The Bertz CT molecular complexity index is 369. The SMILES string of the molecule is CN(Cc1ccccc1B(O)O)C1CCSC1. The fourth-order valence-corrected chi connectivity index (χ4v) is 3.50. The third-order valence-corrected chi connectivity index (χ3v) is 4.43. The molecule has 1 heterocycles. The molecule has 1 unspecified atom stereocenters. The number of nitrogens with zero attached hydrogens (tertiary/aromatic N) is 1. The van der Waals surface area contributed by atoms with Gasteiger partial charge in [0, 0.05) is 18.3 Å². The lowest BCUT2D eigenvalue weighted by Crippen LogP contribution is -2.37. The molecule has 2 rings (SSSR count). The predicted molar refractivity (Wildman–Crippen MR) is 73.5 cm³/mol. The summed E-state index contributed by atoms with van der Waals surface area (Å²) in [7, 11) is 0.731. The largest absolute Gasteiger partial charge is 0.488 e. The first-order valence-electron chi connectivity index (χ1n) is 5.90. The molecule has 5 heteroatoms. The van der Waals surface area contributed by atoms with Crippen molar-refractivity contribution in [2.75, 3.05) is 18.6 Å². The molecule has 0 spiro atoms. The van der Waals surface area contributed by atoms with Crippen molar-refractivity contribution in [1.82, 2.24) is 4.90 Å². The lowest BCUT2D eigenvalue weighted by molar-refractivity contribution is 0.254. The molecule has 1 fully saturated rings. The zero-order chi connectivity index (χ0) is 12.3. The van der Waals surface area contributed by atoms with Crippen LogP contribution in [0.4, 0.5) is 0 Å². The second-order valence-electron chi connectivity index (χ2n) is 4.51. The van der Waals surface area contributed by atoms with Gasteiger partial charge in [-0.3, -0.25) is 4.90 Å². The highest BCUT2D eigenvalue weighted by atomic mass is 32.2. The zero-order valence-electron chi connectivity index (χ0n) is 10.0. The molecule has 0 saturated carbocycles. The van der Waals surface area contributed by atoms with E-state index in [1.165, 1.54) is 17.9 Å². The van der Waals surface area contributed by atoms with Crippen LogP contribution in [0.15, 0.2) is 24.3 Å². The Morgan fingerprint density at radius 1 is 1.41 bits per heavy atom. The van der Waals surface area contributed by atoms with E-state index in [1.807, 2.05) is 30.0 Å². The van der Waals surface area contributed by atoms with E-state index in [2.05, 4.69) is 11.9 Å². The summed E-state index contributed by atoms with van der Waals surface area (Å²) in [5, 5.41) is 18.6.